The summed E-state index contributed by atoms with van der Waals surface area (Å²) in [4.78, 5) is 12.6. The minimum atomic E-state index is -4.44. The summed E-state index contributed by atoms with van der Waals surface area (Å²) in [5.74, 6) is 6.59. The molecule has 4 rings (SSSR count). The summed E-state index contributed by atoms with van der Waals surface area (Å²) in [5, 5.41) is 0.767. The largest absolute Gasteiger partial charge is 0.497 e. The van der Waals surface area contributed by atoms with Crippen LogP contribution in [-0.2, 0) is 15.8 Å². The maximum Gasteiger partial charge on any atom is 0.416 e. The summed E-state index contributed by atoms with van der Waals surface area (Å²) in [5.41, 5.74) is 5.28. The fourth-order valence-electron chi connectivity index (χ4n) is 3.73. The monoisotopic (exact) mass is 496 g/mol. The van der Waals surface area contributed by atoms with Gasteiger partial charge in [0.05, 0.1) is 18.4 Å². The lowest BCUT2D eigenvalue weighted by Crippen LogP contribution is -2.44. The first-order valence-corrected chi connectivity index (χ1v) is 11.7. The second-order valence-electron chi connectivity index (χ2n) is 8.15. The number of halogens is 3. The van der Waals surface area contributed by atoms with E-state index in [4.69, 9.17) is 4.74 Å². The van der Waals surface area contributed by atoms with E-state index < -0.39 is 21.9 Å². The van der Waals surface area contributed by atoms with Crippen LogP contribution in [0.4, 0.5) is 18.9 Å². The third kappa shape index (κ3) is 5.10. The molecule has 3 aromatic carbocycles. The molecule has 8 heteroatoms. The summed E-state index contributed by atoms with van der Waals surface area (Å²) in [7, 11) is 1.57. The van der Waals surface area contributed by atoms with Crippen LogP contribution in [0.25, 0.3) is 0 Å². The zero-order chi connectivity index (χ0) is 25.2. The predicted octanol–water partition coefficient (Wildman–Crippen LogP) is 6.22. The van der Waals surface area contributed by atoms with Crippen molar-refractivity contribution in [2.24, 2.45) is 0 Å². The van der Waals surface area contributed by atoms with Gasteiger partial charge in [0, 0.05) is 5.56 Å². The highest BCUT2D eigenvalue weighted by Crippen LogP contribution is 2.48. The van der Waals surface area contributed by atoms with Crippen molar-refractivity contribution in [3.63, 3.8) is 0 Å². The summed E-state index contributed by atoms with van der Waals surface area (Å²) in [6.45, 7) is 3.83. The van der Waals surface area contributed by atoms with Crippen molar-refractivity contribution in [3.8, 4) is 17.6 Å². The smallest absolute Gasteiger partial charge is 0.416 e. The number of nitrogens with one attached hydrogen (secondary N) is 1. The van der Waals surface area contributed by atoms with Gasteiger partial charge in [0.15, 0.2) is 0 Å². The van der Waals surface area contributed by atoms with Gasteiger partial charge in [-0.15, -0.1) is 11.8 Å². The molecule has 1 fully saturated rings. The van der Waals surface area contributed by atoms with Crippen molar-refractivity contribution in [2.45, 2.75) is 30.1 Å². The van der Waals surface area contributed by atoms with E-state index >= 15 is 0 Å². The normalized spacial score (nSPS) is 19.8. The van der Waals surface area contributed by atoms with E-state index in [1.807, 2.05) is 50.2 Å². The van der Waals surface area contributed by atoms with Crippen molar-refractivity contribution in [1.29, 1.82) is 0 Å². The SMILES string of the molecule is COc1ccc(C2(C)SC(C#Cc3ccccc3C)C(=O)N2Nc2ccc(C(F)(F)F)cc2)cc1. The molecule has 1 aliphatic rings. The Labute approximate surface area is 206 Å². The molecule has 0 radical (unpaired) electrons. The molecule has 4 nitrogen and oxygen atoms in total. The van der Waals surface area contributed by atoms with Gasteiger partial charge in [0.25, 0.3) is 5.91 Å². The summed E-state index contributed by atoms with van der Waals surface area (Å²) < 4.78 is 44.2. The van der Waals surface area contributed by atoms with Crippen LogP contribution in [0.2, 0.25) is 0 Å². The molecular weight excluding hydrogens is 473 g/mol. The number of hydrazine groups is 1. The summed E-state index contributed by atoms with van der Waals surface area (Å²) >= 11 is 1.37. The lowest BCUT2D eigenvalue weighted by atomic mass is 10.1. The number of hydrogen-bond donors (Lipinski definition) is 1. The van der Waals surface area contributed by atoms with Gasteiger partial charge in [-0.1, -0.05) is 42.2 Å². The number of ether oxygens (including phenoxy) is 1. The number of benzene rings is 3. The van der Waals surface area contributed by atoms with Gasteiger partial charge >= 0.3 is 6.18 Å². The van der Waals surface area contributed by atoms with Gasteiger partial charge in [-0.25, -0.2) is 5.01 Å². The number of aryl methyl sites for hydroxylation is 1. The highest BCUT2D eigenvalue weighted by Gasteiger charge is 2.50. The fourth-order valence-corrected chi connectivity index (χ4v) is 5.03. The Hall–Kier alpha value is -3.57. The van der Waals surface area contributed by atoms with Crippen molar-refractivity contribution < 1.29 is 22.7 Å². The van der Waals surface area contributed by atoms with Crippen LogP contribution in [0.1, 0.15) is 29.2 Å². The van der Waals surface area contributed by atoms with E-state index in [1.165, 1.54) is 28.9 Å². The van der Waals surface area contributed by atoms with Crippen LogP contribution >= 0.6 is 11.8 Å². The van der Waals surface area contributed by atoms with Gasteiger partial charge in [-0.3, -0.25) is 10.2 Å². The Morgan fingerprint density at radius 1 is 1.03 bits per heavy atom. The van der Waals surface area contributed by atoms with Crippen molar-refractivity contribution in [3.05, 3.63) is 95.1 Å². The molecule has 35 heavy (non-hydrogen) atoms. The lowest BCUT2D eigenvalue weighted by Gasteiger charge is -2.35. The molecule has 1 heterocycles. The second kappa shape index (κ2) is 9.59. The fraction of sp³-hybridized carbons (Fsp3) is 0.222. The third-order valence-electron chi connectivity index (χ3n) is 5.78. The number of thioether (sulfide) groups is 1. The van der Waals surface area contributed by atoms with Crippen molar-refractivity contribution in [2.75, 3.05) is 12.5 Å². The minimum Gasteiger partial charge on any atom is -0.497 e. The summed E-state index contributed by atoms with van der Waals surface area (Å²) in [6, 6.07) is 19.6. The number of nitrogens with zero attached hydrogens (tertiary/aromatic N) is 1. The number of carbonyl (C=O) groups excluding carboxylic acids is 1. The van der Waals surface area contributed by atoms with Gasteiger partial charge in [0.2, 0.25) is 0 Å². The Bertz CT molecular complexity index is 1280. The first-order chi connectivity index (χ1) is 16.6. The Kier molecular flexibility index (Phi) is 6.73. The average molecular weight is 497 g/mol. The van der Waals surface area contributed by atoms with Crippen LogP contribution in [0.15, 0.2) is 72.8 Å². The third-order valence-corrected chi connectivity index (χ3v) is 7.21. The van der Waals surface area contributed by atoms with Crippen LogP contribution in [0, 0.1) is 18.8 Å². The molecular formula is C27H23F3N2O2S. The number of rotatable bonds is 4. The topological polar surface area (TPSA) is 41.6 Å². The van der Waals surface area contributed by atoms with Crippen LogP contribution in [-0.4, -0.2) is 23.3 Å². The average Bonchev–Trinajstić information content (AvgIpc) is 3.09. The Morgan fingerprint density at radius 2 is 1.69 bits per heavy atom. The molecule has 1 amide bonds. The maximum absolute atomic E-state index is 13.5. The quantitative estimate of drug-likeness (QED) is 0.436. The van der Waals surface area contributed by atoms with E-state index in [9.17, 15) is 18.0 Å². The predicted molar refractivity (Wildman–Crippen MR) is 132 cm³/mol. The maximum atomic E-state index is 13.5. The van der Waals surface area contributed by atoms with E-state index in [0.29, 0.717) is 11.4 Å². The highest BCUT2D eigenvalue weighted by molar-refractivity contribution is 8.02. The zero-order valence-corrected chi connectivity index (χ0v) is 20.1. The number of carbonyl (C=O) groups is 1. The number of hydrogen-bond acceptors (Lipinski definition) is 4. The molecule has 2 unspecified atom stereocenters. The minimum absolute atomic E-state index is 0.283. The summed E-state index contributed by atoms with van der Waals surface area (Å²) in [6.07, 6.45) is -4.44. The highest BCUT2D eigenvalue weighted by atomic mass is 32.2. The van der Waals surface area contributed by atoms with Gasteiger partial charge in [-0.2, -0.15) is 13.2 Å². The van der Waals surface area contributed by atoms with Gasteiger partial charge in [-0.05, 0) is 67.4 Å². The first-order valence-electron chi connectivity index (χ1n) is 10.8. The van der Waals surface area contributed by atoms with Crippen molar-refractivity contribution >= 4 is 23.4 Å². The van der Waals surface area contributed by atoms with Gasteiger partial charge < -0.3 is 4.74 Å². The molecule has 2 atom stereocenters. The molecule has 0 aromatic heterocycles. The van der Waals surface area contributed by atoms with Crippen molar-refractivity contribution in [1.82, 2.24) is 5.01 Å². The Morgan fingerprint density at radius 3 is 2.29 bits per heavy atom. The lowest BCUT2D eigenvalue weighted by molar-refractivity contribution is -0.137. The standard InChI is InChI=1S/C27H23F3N2O2S/c1-18-6-4-5-7-19(18)8-17-24-25(33)32(31-22-13-9-21(10-14-22)27(28,29)30)26(2,35-24)20-11-15-23(34-3)16-12-20/h4-7,9-16,24,31H,1-3H3. The number of amides is 1. The first kappa shape index (κ1) is 24.6. The molecule has 1 saturated heterocycles. The van der Waals surface area contributed by atoms with E-state index in [-0.39, 0.29) is 5.91 Å². The Balaban J connectivity index is 1.69. The molecule has 1 aliphatic heterocycles. The molecule has 0 aliphatic carbocycles. The number of alkyl halides is 3. The molecule has 180 valence electrons. The van der Waals surface area contributed by atoms with Crippen LogP contribution in [0.3, 0.4) is 0 Å². The molecule has 1 N–H and O–H groups in total. The number of anilines is 1. The van der Waals surface area contributed by atoms with Gasteiger partial charge in [0.1, 0.15) is 15.9 Å². The van der Waals surface area contributed by atoms with E-state index in [2.05, 4.69) is 17.3 Å². The molecule has 0 bridgehead atoms. The molecule has 3 aromatic rings. The molecule has 0 spiro atoms. The van der Waals surface area contributed by atoms with E-state index in [1.54, 1.807) is 19.2 Å². The van der Waals surface area contributed by atoms with E-state index in [0.717, 1.165) is 28.8 Å². The number of methoxy groups -OCH3 is 1. The zero-order valence-electron chi connectivity index (χ0n) is 19.3. The second-order valence-corrected chi connectivity index (χ2v) is 9.66. The van der Waals surface area contributed by atoms with Crippen LogP contribution in [0.5, 0.6) is 5.75 Å². The molecule has 0 saturated carbocycles. The van der Waals surface area contributed by atoms with Crippen LogP contribution < -0.4 is 10.2 Å².